The van der Waals surface area contributed by atoms with Crippen LogP contribution in [0.3, 0.4) is 0 Å². The summed E-state index contributed by atoms with van der Waals surface area (Å²) in [5, 5.41) is 6.48. The Bertz CT molecular complexity index is 900. The van der Waals surface area contributed by atoms with Crippen molar-refractivity contribution < 1.29 is 9.53 Å². The lowest BCUT2D eigenvalue weighted by atomic mass is 10.1. The van der Waals surface area contributed by atoms with Crippen LogP contribution in [0.1, 0.15) is 12.0 Å². The number of halogens is 1. The van der Waals surface area contributed by atoms with Crippen molar-refractivity contribution in [1.29, 1.82) is 0 Å². The molecular formula is C23H23ClN2O2. The van der Waals surface area contributed by atoms with E-state index in [-0.39, 0.29) is 12.5 Å². The number of aryl methyl sites for hydroxylation is 1. The predicted molar refractivity (Wildman–Crippen MR) is 115 cm³/mol. The fourth-order valence-electron chi connectivity index (χ4n) is 2.76. The summed E-state index contributed by atoms with van der Waals surface area (Å²) in [7, 11) is 0. The normalized spacial score (nSPS) is 10.3. The van der Waals surface area contributed by atoms with Gasteiger partial charge in [-0.25, -0.2) is 0 Å². The van der Waals surface area contributed by atoms with Crippen LogP contribution in [0.5, 0.6) is 5.75 Å². The van der Waals surface area contributed by atoms with Crippen molar-refractivity contribution in [2.45, 2.75) is 12.8 Å². The number of para-hydroxylation sites is 1. The number of hydrogen-bond donors (Lipinski definition) is 2. The van der Waals surface area contributed by atoms with Crippen LogP contribution in [-0.2, 0) is 11.2 Å². The molecule has 2 N–H and O–H groups in total. The third kappa shape index (κ3) is 6.32. The molecule has 1 amide bonds. The summed E-state index contributed by atoms with van der Waals surface area (Å²) in [5.74, 6) is 0.589. The van der Waals surface area contributed by atoms with Gasteiger partial charge in [0.25, 0.3) is 0 Å². The monoisotopic (exact) mass is 394 g/mol. The van der Waals surface area contributed by atoms with Gasteiger partial charge >= 0.3 is 0 Å². The molecule has 0 fully saturated rings. The zero-order valence-corrected chi connectivity index (χ0v) is 16.3. The minimum Gasteiger partial charge on any atom is -0.494 e. The highest BCUT2D eigenvalue weighted by molar-refractivity contribution is 6.33. The molecule has 3 aromatic carbocycles. The molecule has 0 aliphatic heterocycles. The molecule has 0 spiro atoms. The van der Waals surface area contributed by atoms with E-state index in [4.69, 9.17) is 16.3 Å². The van der Waals surface area contributed by atoms with Crippen molar-refractivity contribution in [2.75, 3.05) is 23.8 Å². The largest absolute Gasteiger partial charge is 0.494 e. The maximum Gasteiger partial charge on any atom is 0.243 e. The molecule has 0 saturated carbocycles. The SMILES string of the molecule is O=C(CNc1ccccc1Cl)Nc1cccc(OCCCc2ccccc2)c1. The highest BCUT2D eigenvalue weighted by Gasteiger charge is 2.05. The van der Waals surface area contributed by atoms with Gasteiger partial charge in [-0.15, -0.1) is 0 Å². The molecule has 0 heterocycles. The van der Waals surface area contributed by atoms with Crippen molar-refractivity contribution in [3.8, 4) is 5.75 Å². The Morgan fingerprint density at radius 2 is 1.71 bits per heavy atom. The van der Waals surface area contributed by atoms with Crippen LogP contribution in [-0.4, -0.2) is 19.1 Å². The molecule has 0 radical (unpaired) electrons. The van der Waals surface area contributed by atoms with Crippen LogP contribution >= 0.6 is 11.6 Å². The van der Waals surface area contributed by atoms with Gasteiger partial charge in [-0.1, -0.05) is 60.1 Å². The zero-order chi connectivity index (χ0) is 19.6. The molecule has 4 nitrogen and oxygen atoms in total. The minimum absolute atomic E-state index is 0.131. The maximum absolute atomic E-state index is 12.2. The number of rotatable bonds is 9. The van der Waals surface area contributed by atoms with Crippen LogP contribution in [0.25, 0.3) is 0 Å². The second kappa shape index (κ2) is 10.4. The molecule has 3 rings (SSSR count). The van der Waals surface area contributed by atoms with Crippen molar-refractivity contribution in [3.63, 3.8) is 0 Å². The van der Waals surface area contributed by atoms with Crippen molar-refractivity contribution in [2.24, 2.45) is 0 Å². The van der Waals surface area contributed by atoms with Gasteiger partial charge in [0.1, 0.15) is 5.75 Å². The van der Waals surface area contributed by atoms with E-state index in [1.54, 1.807) is 6.07 Å². The van der Waals surface area contributed by atoms with Crippen molar-refractivity contribution in [3.05, 3.63) is 89.4 Å². The predicted octanol–water partition coefficient (Wildman–Crippen LogP) is 5.40. The third-order valence-corrected chi connectivity index (χ3v) is 4.48. The first-order valence-electron chi connectivity index (χ1n) is 9.26. The van der Waals surface area contributed by atoms with Gasteiger partial charge in [0, 0.05) is 11.8 Å². The van der Waals surface area contributed by atoms with Crippen molar-refractivity contribution in [1.82, 2.24) is 0 Å². The van der Waals surface area contributed by atoms with E-state index < -0.39 is 0 Å². The summed E-state index contributed by atoms with van der Waals surface area (Å²) < 4.78 is 5.81. The summed E-state index contributed by atoms with van der Waals surface area (Å²) in [6.07, 6.45) is 1.91. The van der Waals surface area contributed by atoms with E-state index in [2.05, 4.69) is 22.8 Å². The Hall–Kier alpha value is -2.98. The number of benzene rings is 3. The number of carbonyl (C=O) groups is 1. The highest BCUT2D eigenvalue weighted by Crippen LogP contribution is 2.20. The molecule has 144 valence electrons. The first-order valence-corrected chi connectivity index (χ1v) is 9.63. The molecule has 5 heteroatoms. The summed E-state index contributed by atoms with van der Waals surface area (Å²) in [6.45, 7) is 0.756. The van der Waals surface area contributed by atoms with Crippen LogP contribution in [0.4, 0.5) is 11.4 Å². The summed E-state index contributed by atoms with van der Waals surface area (Å²) in [4.78, 5) is 12.2. The Labute approximate surface area is 170 Å². The van der Waals surface area contributed by atoms with Crippen LogP contribution in [0.2, 0.25) is 5.02 Å². The van der Waals surface area contributed by atoms with E-state index in [9.17, 15) is 4.79 Å². The Morgan fingerprint density at radius 3 is 2.54 bits per heavy atom. The summed E-state index contributed by atoms with van der Waals surface area (Å²) in [5.41, 5.74) is 2.74. The molecule has 0 aromatic heterocycles. The van der Waals surface area contributed by atoms with E-state index in [1.807, 2.05) is 60.7 Å². The average molecular weight is 395 g/mol. The first-order chi connectivity index (χ1) is 13.7. The fraction of sp³-hybridized carbons (Fsp3) is 0.174. The van der Waals surface area contributed by atoms with Crippen molar-refractivity contribution >= 4 is 28.9 Å². The number of nitrogens with one attached hydrogen (secondary N) is 2. The minimum atomic E-state index is -0.152. The summed E-state index contributed by atoms with van der Waals surface area (Å²) >= 11 is 6.08. The second-order valence-corrected chi connectivity index (χ2v) is 6.75. The second-order valence-electron chi connectivity index (χ2n) is 6.35. The Morgan fingerprint density at radius 1 is 0.929 bits per heavy atom. The standard InChI is InChI=1S/C23H23ClN2O2/c24-21-13-4-5-14-22(21)25-17-23(27)26-19-11-6-12-20(16-19)28-15-7-10-18-8-2-1-3-9-18/h1-6,8-9,11-14,16,25H,7,10,15,17H2,(H,26,27). The van der Waals surface area contributed by atoms with Gasteiger partial charge in [0.05, 0.1) is 23.9 Å². The average Bonchev–Trinajstić information content (AvgIpc) is 2.72. The van der Waals surface area contributed by atoms with Crippen LogP contribution in [0, 0.1) is 0 Å². The lowest BCUT2D eigenvalue weighted by Crippen LogP contribution is -2.21. The fourth-order valence-corrected chi connectivity index (χ4v) is 2.96. The quantitative estimate of drug-likeness (QED) is 0.477. The molecule has 3 aromatic rings. The molecule has 0 unspecified atom stereocenters. The molecule has 0 atom stereocenters. The van der Waals surface area contributed by atoms with Gasteiger partial charge < -0.3 is 15.4 Å². The van der Waals surface area contributed by atoms with Crippen LogP contribution in [0.15, 0.2) is 78.9 Å². The molecular weight excluding hydrogens is 372 g/mol. The van der Waals surface area contributed by atoms with Crippen LogP contribution < -0.4 is 15.4 Å². The topological polar surface area (TPSA) is 50.4 Å². The lowest BCUT2D eigenvalue weighted by Gasteiger charge is -2.11. The molecule has 0 saturated heterocycles. The number of carbonyl (C=O) groups excluding carboxylic acids is 1. The number of ether oxygens (including phenoxy) is 1. The number of anilines is 2. The first kappa shape index (κ1) is 19.8. The Kier molecular flexibility index (Phi) is 7.33. The van der Waals surface area contributed by atoms with E-state index >= 15 is 0 Å². The van der Waals surface area contributed by atoms with Gasteiger partial charge in [-0.05, 0) is 42.7 Å². The van der Waals surface area contributed by atoms with Gasteiger partial charge in [-0.2, -0.15) is 0 Å². The molecule has 0 aliphatic carbocycles. The Balaban J connectivity index is 1.43. The lowest BCUT2D eigenvalue weighted by molar-refractivity contribution is -0.114. The molecule has 28 heavy (non-hydrogen) atoms. The van der Waals surface area contributed by atoms with Gasteiger partial charge in [0.2, 0.25) is 5.91 Å². The summed E-state index contributed by atoms with van der Waals surface area (Å²) in [6, 6.07) is 25.1. The molecule has 0 aliphatic rings. The van der Waals surface area contributed by atoms with Gasteiger partial charge in [0.15, 0.2) is 0 Å². The zero-order valence-electron chi connectivity index (χ0n) is 15.5. The maximum atomic E-state index is 12.2. The van der Waals surface area contributed by atoms with E-state index in [0.29, 0.717) is 17.3 Å². The van der Waals surface area contributed by atoms with Gasteiger partial charge in [-0.3, -0.25) is 4.79 Å². The smallest absolute Gasteiger partial charge is 0.243 e. The van der Waals surface area contributed by atoms with E-state index in [0.717, 1.165) is 24.3 Å². The number of amides is 1. The third-order valence-electron chi connectivity index (χ3n) is 4.15. The molecule has 0 bridgehead atoms. The van der Waals surface area contributed by atoms with E-state index in [1.165, 1.54) is 5.56 Å². The number of hydrogen-bond acceptors (Lipinski definition) is 3. The highest BCUT2D eigenvalue weighted by atomic mass is 35.5.